The molecule has 0 aliphatic carbocycles. The average molecular weight is 1200 g/mol. The molecule has 8 heterocycles. The van der Waals surface area contributed by atoms with Gasteiger partial charge in [0.1, 0.15) is 40.8 Å². The number of carbonyl (C=O) groups is 5. The molecule has 20 nitrogen and oxygen atoms in total. The van der Waals surface area contributed by atoms with E-state index < -0.39 is 23.3 Å². The number of likely N-dealkylation sites (tertiary alicyclic amines) is 1. The van der Waals surface area contributed by atoms with Crippen molar-refractivity contribution in [3.05, 3.63) is 87.6 Å². The van der Waals surface area contributed by atoms with E-state index >= 15 is 4.39 Å². The summed E-state index contributed by atoms with van der Waals surface area (Å²) in [5.74, 6) is 1.45. The highest BCUT2D eigenvalue weighted by Gasteiger charge is 2.45. The smallest absolute Gasteiger partial charge is 0.410 e. The molecule has 10 rings (SSSR count). The molecular weight excluding hydrogens is 1120 g/mol. The van der Waals surface area contributed by atoms with Gasteiger partial charge in [-0.2, -0.15) is 9.97 Å². The van der Waals surface area contributed by atoms with Gasteiger partial charge in [-0.25, -0.2) is 18.4 Å². The largest absolute Gasteiger partial charge is 0.467 e. The fourth-order valence-corrected chi connectivity index (χ4v) is 13.3. The summed E-state index contributed by atoms with van der Waals surface area (Å²) in [6.07, 6.45) is 21.9. The Labute approximate surface area is 507 Å². The molecule has 5 aliphatic heterocycles. The van der Waals surface area contributed by atoms with E-state index in [-0.39, 0.29) is 77.2 Å². The number of anilines is 1. The second-order valence-electron chi connectivity index (χ2n) is 23.7. The van der Waals surface area contributed by atoms with Crippen LogP contribution < -0.4 is 36.7 Å². The molecule has 2 bridgehead atoms. The molecule has 87 heavy (non-hydrogen) atoms. The van der Waals surface area contributed by atoms with Crippen molar-refractivity contribution in [2.24, 2.45) is 13.0 Å². The summed E-state index contributed by atoms with van der Waals surface area (Å²) in [6.45, 7) is 16.3. The molecule has 0 spiro atoms. The number of aldehydes is 1. The number of benzene rings is 2. The molecule has 4 amide bonds. The van der Waals surface area contributed by atoms with Crippen molar-refractivity contribution < 1.29 is 47.0 Å². The minimum atomic E-state index is -0.803. The SMILES string of the molecule is C#Cc1c(F)ccc2cccc(-c3ncc4c(N5CC6CCC(C5)N6C(=O)OC(C)(C)C)nc(OC)nc4c3F)c12.C=C/C(=c1\c(=C/C)n(C(CCC=O)C(=O)NC)c(=O)n1C)C1CCN(C(=O)CCCNC=O)CC1.COCC1CCC2CCCN21. The molecule has 5 saturated heterocycles. The molecule has 2 aromatic carbocycles. The van der Waals surface area contributed by atoms with Crippen molar-refractivity contribution in [1.82, 2.24) is 49.4 Å². The van der Waals surface area contributed by atoms with E-state index in [2.05, 4.69) is 43.0 Å². The second kappa shape index (κ2) is 29.1. The quantitative estimate of drug-likeness (QED) is 0.0593. The van der Waals surface area contributed by atoms with Crippen LogP contribution in [-0.2, 0) is 35.7 Å². The topological polar surface area (TPSA) is 216 Å². The number of methoxy groups -OCH3 is 2. The van der Waals surface area contributed by atoms with E-state index in [0.717, 1.165) is 56.2 Å². The van der Waals surface area contributed by atoms with Gasteiger partial charge in [-0.1, -0.05) is 48.9 Å². The first-order chi connectivity index (χ1) is 41.9. The predicted molar refractivity (Wildman–Crippen MR) is 330 cm³/mol. The summed E-state index contributed by atoms with van der Waals surface area (Å²) in [5, 5.41) is 7.96. The molecule has 2 N–H and O–H groups in total. The van der Waals surface area contributed by atoms with Gasteiger partial charge in [-0.3, -0.25) is 38.3 Å². The maximum Gasteiger partial charge on any atom is 0.410 e. The number of carbonyl (C=O) groups excluding carboxylic acids is 5. The Bertz CT molecular complexity index is 3570. The van der Waals surface area contributed by atoms with Crippen LogP contribution >= 0.6 is 0 Å². The number of rotatable bonds is 17. The highest BCUT2D eigenvalue weighted by Crippen LogP contribution is 2.40. The molecule has 5 unspecified atom stereocenters. The maximum atomic E-state index is 16.3. The number of nitrogens with one attached hydrogen (secondary N) is 2. The van der Waals surface area contributed by atoms with E-state index in [4.69, 9.17) is 20.6 Å². The number of hydrogen-bond acceptors (Lipinski definition) is 14. The number of piperidine rings is 1. The summed E-state index contributed by atoms with van der Waals surface area (Å²) >= 11 is 0. The first-order valence-electron chi connectivity index (χ1n) is 30.2. The average Bonchev–Trinajstić information content (AvgIpc) is 3.56. The summed E-state index contributed by atoms with van der Waals surface area (Å²) in [7, 11) is 6.41. The summed E-state index contributed by atoms with van der Waals surface area (Å²) < 4.78 is 50.2. The van der Waals surface area contributed by atoms with E-state index in [1.807, 2.05) is 55.6 Å². The van der Waals surface area contributed by atoms with Crippen LogP contribution in [-0.4, -0.2) is 166 Å². The summed E-state index contributed by atoms with van der Waals surface area (Å²) in [5.41, 5.74) is 0.396. The zero-order valence-corrected chi connectivity index (χ0v) is 51.4. The van der Waals surface area contributed by atoms with Gasteiger partial charge in [0.25, 0.3) is 0 Å². The lowest BCUT2D eigenvalue weighted by Crippen LogP contribution is -2.57. The standard InChI is InChI=1S/C31H29F2N5O3.C25H37N5O5.C9H17NO/c1-6-20-23(32)13-10-17-8-7-9-21(24(17)20)26-25(33)27-22(14-34-26)28(36-29(35-27)40-5)37-15-18-11-12-19(16-37)38(18)30(39)41-31(2,3)4;1-5-19(18-11-14-29(15-12-18)22(33)10-7-13-27-17-32)23-20(6-2)30(25(35)28(23)4)21(9-8-16-31)24(34)26-3;1-11-7-9-5-4-8-3-2-6-10(8)9/h1,7-10,13-14,18-19H,11-12,15-16H2,2-5H3;5-6,16-18,21H,1,7-15H2,2-4H3,(H,26,34)(H,27,32);8-9H,2-7H2,1H3/b;20-6+,23-19-;. The van der Waals surface area contributed by atoms with Crippen LogP contribution in [0, 0.1) is 29.9 Å². The number of allylic oxidation sites excluding steroid dienone is 1. The van der Waals surface area contributed by atoms with Gasteiger partial charge in [0.05, 0.1) is 47.4 Å². The molecule has 5 aliphatic rings. The number of ether oxygens (including phenoxy) is 3. The van der Waals surface area contributed by atoms with Gasteiger partial charge in [0.15, 0.2) is 5.82 Å². The van der Waals surface area contributed by atoms with Crippen LogP contribution in [0.25, 0.3) is 44.6 Å². The van der Waals surface area contributed by atoms with Crippen molar-refractivity contribution in [2.75, 3.05) is 72.0 Å². The van der Waals surface area contributed by atoms with Crippen molar-refractivity contribution >= 4 is 69.7 Å². The number of piperazine rings is 1. The van der Waals surface area contributed by atoms with Crippen molar-refractivity contribution in [3.8, 4) is 29.6 Å². The van der Waals surface area contributed by atoms with Crippen LogP contribution in [0.2, 0.25) is 0 Å². The van der Waals surface area contributed by atoms with Crippen molar-refractivity contribution in [1.29, 1.82) is 0 Å². The molecule has 3 aromatic heterocycles. The Kier molecular flexibility index (Phi) is 21.7. The Balaban J connectivity index is 0.000000193. The number of aromatic nitrogens is 5. The van der Waals surface area contributed by atoms with Crippen LogP contribution in [0.3, 0.4) is 0 Å². The normalized spacial score (nSPS) is 20.1. The van der Waals surface area contributed by atoms with Crippen molar-refractivity contribution in [2.45, 2.75) is 141 Å². The first-order valence-corrected chi connectivity index (χ1v) is 30.2. The van der Waals surface area contributed by atoms with Crippen LogP contribution in [0.4, 0.5) is 19.4 Å². The molecule has 0 saturated carbocycles. The van der Waals surface area contributed by atoms with Gasteiger partial charge in [-0.15, -0.1) is 6.42 Å². The second-order valence-corrected chi connectivity index (χ2v) is 23.7. The molecule has 5 atom stereocenters. The van der Waals surface area contributed by atoms with Gasteiger partial charge in [-0.05, 0) is 121 Å². The molecule has 466 valence electrons. The zero-order valence-electron chi connectivity index (χ0n) is 51.4. The third-order valence-corrected chi connectivity index (χ3v) is 17.3. The lowest BCUT2D eigenvalue weighted by atomic mass is 9.88. The van der Waals surface area contributed by atoms with Gasteiger partial charge in [0.2, 0.25) is 18.2 Å². The lowest BCUT2D eigenvalue weighted by Gasteiger charge is -2.42. The monoisotopic (exact) mass is 1200 g/mol. The Morgan fingerprint density at radius 1 is 0.966 bits per heavy atom. The van der Waals surface area contributed by atoms with Crippen molar-refractivity contribution in [3.63, 3.8) is 0 Å². The van der Waals surface area contributed by atoms with E-state index in [1.165, 1.54) is 63.2 Å². The molecule has 5 aromatic rings. The number of nitrogens with zero attached hydrogens (tertiary/aromatic N) is 9. The number of fused-ring (bicyclic) bond motifs is 5. The molecule has 0 radical (unpaired) electrons. The molecule has 22 heteroatoms. The summed E-state index contributed by atoms with van der Waals surface area (Å²) in [4.78, 5) is 94.4. The Morgan fingerprint density at radius 2 is 1.69 bits per heavy atom. The first kappa shape index (κ1) is 65.0. The number of terminal acetylenes is 1. The van der Waals surface area contributed by atoms with Crippen LogP contribution in [0.5, 0.6) is 6.01 Å². The van der Waals surface area contributed by atoms with Gasteiger partial charge in [0, 0.05) is 96.0 Å². The fraction of sp³-hybridized carbons (Fsp3) is 0.523. The van der Waals surface area contributed by atoms with E-state index in [1.54, 1.807) is 42.0 Å². The van der Waals surface area contributed by atoms with Crippen LogP contribution in [0.1, 0.15) is 116 Å². The number of halogens is 2. The van der Waals surface area contributed by atoms with E-state index in [9.17, 15) is 33.2 Å². The highest BCUT2D eigenvalue weighted by molar-refractivity contribution is 6.02. The Hall–Kier alpha value is -8.03. The molecule has 5 fully saturated rings. The maximum absolute atomic E-state index is 16.3. The minimum absolute atomic E-state index is 0.00116. The Morgan fingerprint density at radius 3 is 2.32 bits per heavy atom. The highest BCUT2D eigenvalue weighted by atomic mass is 19.1. The lowest BCUT2D eigenvalue weighted by molar-refractivity contribution is -0.132. The third-order valence-electron chi connectivity index (χ3n) is 17.3. The number of hydrogen-bond donors (Lipinski definition) is 2. The number of likely N-dealkylation sites (N-methyl/N-ethyl adjacent to an activating group) is 1. The number of amides is 4. The fourth-order valence-electron chi connectivity index (χ4n) is 13.3. The number of imidazole rings is 1. The van der Waals surface area contributed by atoms with Crippen LogP contribution in [0.15, 0.2) is 54.0 Å². The molecular formula is C65H83F2N11O9. The predicted octanol–water partition coefficient (Wildman–Crippen LogP) is 6.32. The third kappa shape index (κ3) is 14.2. The van der Waals surface area contributed by atoms with E-state index in [0.29, 0.717) is 90.2 Å². The summed E-state index contributed by atoms with van der Waals surface area (Å²) in [6, 6.07) is 8.78. The van der Waals surface area contributed by atoms with Gasteiger partial charge >= 0.3 is 17.8 Å². The van der Waals surface area contributed by atoms with Gasteiger partial charge < -0.3 is 39.4 Å². The number of pyridine rings is 1. The minimum Gasteiger partial charge on any atom is -0.467 e. The zero-order chi connectivity index (χ0) is 62.7.